The topological polar surface area (TPSA) is 26.3 Å². The predicted molar refractivity (Wildman–Crippen MR) is 77.8 cm³/mol. The maximum absolute atomic E-state index is 12.7. The predicted octanol–water partition coefficient (Wildman–Crippen LogP) is 4.82. The number of halogens is 4. The van der Waals surface area contributed by atoms with Crippen LogP contribution in [0.2, 0.25) is 0 Å². The van der Waals surface area contributed by atoms with Crippen molar-refractivity contribution in [1.29, 1.82) is 0 Å². The van der Waals surface area contributed by atoms with E-state index >= 15 is 0 Å². The van der Waals surface area contributed by atoms with E-state index in [2.05, 4.69) is 4.74 Å². The van der Waals surface area contributed by atoms with E-state index in [9.17, 15) is 22.4 Å². The molecule has 2 nitrogen and oxygen atoms in total. The zero-order valence-corrected chi connectivity index (χ0v) is 11.8. The van der Waals surface area contributed by atoms with E-state index in [1.165, 1.54) is 18.2 Å². The van der Waals surface area contributed by atoms with E-state index in [0.717, 1.165) is 17.7 Å². The highest BCUT2D eigenvalue weighted by Gasteiger charge is 2.43. The molecule has 0 atom stereocenters. The number of carbonyl (C=O) groups is 1. The standard InChI is InChI=1S/C17H12F4O2/c18-16(19)17(20,21)23-14-9-7-13(8-10-14)15(22)11-6-12-4-2-1-3-5-12/h1-11,16H. The van der Waals surface area contributed by atoms with Crippen molar-refractivity contribution in [2.45, 2.75) is 12.5 Å². The monoisotopic (exact) mass is 324 g/mol. The van der Waals surface area contributed by atoms with Crippen LogP contribution in [0.4, 0.5) is 17.6 Å². The first kappa shape index (κ1) is 16.7. The first-order chi connectivity index (χ1) is 10.9. The van der Waals surface area contributed by atoms with Crippen LogP contribution in [0.15, 0.2) is 60.7 Å². The molecule has 0 heterocycles. The zero-order valence-electron chi connectivity index (χ0n) is 11.8. The normalized spacial score (nSPS) is 11.9. The summed E-state index contributed by atoms with van der Waals surface area (Å²) in [5, 5.41) is 0. The van der Waals surface area contributed by atoms with Gasteiger partial charge in [0.15, 0.2) is 5.78 Å². The molecule has 0 N–H and O–H groups in total. The molecule has 0 spiro atoms. The van der Waals surface area contributed by atoms with Gasteiger partial charge >= 0.3 is 12.5 Å². The summed E-state index contributed by atoms with van der Waals surface area (Å²) in [4.78, 5) is 11.9. The van der Waals surface area contributed by atoms with E-state index in [-0.39, 0.29) is 11.3 Å². The summed E-state index contributed by atoms with van der Waals surface area (Å²) in [5.74, 6) is -0.792. The van der Waals surface area contributed by atoms with E-state index < -0.39 is 18.3 Å². The van der Waals surface area contributed by atoms with Gasteiger partial charge in [0.25, 0.3) is 0 Å². The maximum atomic E-state index is 12.7. The first-order valence-electron chi connectivity index (χ1n) is 6.61. The largest absolute Gasteiger partial charge is 0.461 e. The van der Waals surface area contributed by atoms with E-state index in [0.29, 0.717) is 0 Å². The number of carbonyl (C=O) groups excluding carboxylic acids is 1. The Bertz CT molecular complexity index is 679. The number of rotatable bonds is 6. The number of benzene rings is 2. The van der Waals surface area contributed by atoms with Gasteiger partial charge < -0.3 is 4.74 Å². The molecule has 0 radical (unpaired) electrons. The van der Waals surface area contributed by atoms with Crippen molar-refractivity contribution in [2.24, 2.45) is 0 Å². The van der Waals surface area contributed by atoms with Crippen LogP contribution in [-0.2, 0) is 0 Å². The molecule has 0 bridgehead atoms. The average molecular weight is 324 g/mol. The Morgan fingerprint density at radius 2 is 1.61 bits per heavy atom. The van der Waals surface area contributed by atoms with Gasteiger partial charge in [-0.05, 0) is 35.9 Å². The number of ketones is 1. The van der Waals surface area contributed by atoms with Gasteiger partial charge in [0.2, 0.25) is 0 Å². The second-order valence-corrected chi connectivity index (χ2v) is 4.60. The highest BCUT2D eigenvalue weighted by atomic mass is 19.3. The number of alkyl halides is 4. The van der Waals surface area contributed by atoms with Crippen LogP contribution in [0.3, 0.4) is 0 Å². The van der Waals surface area contributed by atoms with Crippen molar-refractivity contribution in [3.8, 4) is 5.75 Å². The van der Waals surface area contributed by atoms with Gasteiger partial charge in [0, 0.05) is 5.56 Å². The second-order valence-electron chi connectivity index (χ2n) is 4.60. The Balaban J connectivity index is 2.04. The van der Waals surface area contributed by atoms with Crippen molar-refractivity contribution in [2.75, 3.05) is 0 Å². The quantitative estimate of drug-likeness (QED) is 0.433. The molecular weight excluding hydrogens is 312 g/mol. The Labute approximate surface area is 130 Å². The molecule has 6 heteroatoms. The van der Waals surface area contributed by atoms with Crippen molar-refractivity contribution in [3.05, 3.63) is 71.8 Å². The molecular formula is C17H12F4O2. The lowest BCUT2D eigenvalue weighted by Crippen LogP contribution is -2.33. The Kier molecular flexibility index (Phi) is 5.16. The molecule has 0 saturated heterocycles. The van der Waals surface area contributed by atoms with Crippen LogP contribution in [0.5, 0.6) is 5.75 Å². The third-order valence-corrected chi connectivity index (χ3v) is 2.87. The second kappa shape index (κ2) is 7.09. The van der Waals surface area contributed by atoms with Gasteiger partial charge in [-0.15, -0.1) is 0 Å². The SMILES string of the molecule is O=C(C=Cc1ccccc1)c1ccc(OC(F)(F)C(F)F)cc1. The van der Waals surface area contributed by atoms with Crippen molar-refractivity contribution in [3.63, 3.8) is 0 Å². The Morgan fingerprint density at radius 3 is 2.17 bits per heavy atom. The third kappa shape index (κ3) is 4.67. The smallest absolute Gasteiger partial charge is 0.428 e. The minimum Gasteiger partial charge on any atom is -0.428 e. The van der Waals surface area contributed by atoms with E-state index in [1.54, 1.807) is 6.08 Å². The van der Waals surface area contributed by atoms with Crippen molar-refractivity contribution >= 4 is 11.9 Å². The third-order valence-electron chi connectivity index (χ3n) is 2.87. The molecule has 0 aliphatic carbocycles. The maximum Gasteiger partial charge on any atom is 0.461 e. The molecule has 120 valence electrons. The van der Waals surface area contributed by atoms with E-state index in [4.69, 9.17) is 0 Å². The fourth-order valence-corrected chi connectivity index (χ4v) is 1.72. The minimum absolute atomic E-state index is 0.227. The van der Waals surface area contributed by atoms with Gasteiger partial charge in [0.1, 0.15) is 5.75 Å². The zero-order chi connectivity index (χ0) is 16.9. The Hall–Kier alpha value is -2.63. The number of ether oxygens (including phenoxy) is 1. The van der Waals surface area contributed by atoms with E-state index in [1.807, 2.05) is 30.3 Å². The first-order valence-corrected chi connectivity index (χ1v) is 6.61. The van der Waals surface area contributed by atoms with Crippen LogP contribution in [-0.4, -0.2) is 18.3 Å². The molecule has 0 saturated carbocycles. The van der Waals surface area contributed by atoms with Gasteiger partial charge in [-0.3, -0.25) is 4.79 Å². The van der Waals surface area contributed by atoms with Crippen LogP contribution in [0.1, 0.15) is 15.9 Å². The van der Waals surface area contributed by atoms with Gasteiger partial charge in [-0.25, -0.2) is 0 Å². The van der Waals surface area contributed by atoms with Crippen molar-refractivity contribution < 1.29 is 27.1 Å². The molecule has 0 unspecified atom stereocenters. The summed E-state index contributed by atoms with van der Waals surface area (Å²) in [6, 6.07) is 13.6. The van der Waals surface area contributed by atoms with Crippen LogP contribution in [0, 0.1) is 0 Å². The number of hydrogen-bond acceptors (Lipinski definition) is 2. The molecule has 2 aromatic rings. The molecule has 0 aliphatic heterocycles. The van der Waals surface area contributed by atoms with Crippen molar-refractivity contribution in [1.82, 2.24) is 0 Å². The molecule has 23 heavy (non-hydrogen) atoms. The number of allylic oxidation sites excluding steroid dienone is 1. The fourth-order valence-electron chi connectivity index (χ4n) is 1.72. The molecule has 0 fully saturated rings. The average Bonchev–Trinajstić information content (AvgIpc) is 2.54. The lowest BCUT2D eigenvalue weighted by atomic mass is 10.1. The minimum atomic E-state index is -4.57. The van der Waals surface area contributed by atoms with Crippen LogP contribution in [0.25, 0.3) is 6.08 Å². The summed E-state index contributed by atoms with van der Waals surface area (Å²) >= 11 is 0. The summed E-state index contributed by atoms with van der Waals surface area (Å²) in [7, 11) is 0. The van der Waals surface area contributed by atoms with Gasteiger partial charge in [-0.1, -0.05) is 36.4 Å². The van der Waals surface area contributed by atoms with Gasteiger partial charge in [-0.2, -0.15) is 17.6 Å². The molecule has 2 rings (SSSR count). The molecule has 0 aliphatic rings. The summed E-state index contributed by atoms with van der Waals surface area (Å²) in [5.41, 5.74) is 1.06. The van der Waals surface area contributed by atoms with Crippen LogP contribution >= 0.6 is 0 Å². The van der Waals surface area contributed by atoms with Gasteiger partial charge in [0.05, 0.1) is 0 Å². The fraction of sp³-hybridized carbons (Fsp3) is 0.118. The molecule has 0 aromatic heterocycles. The Morgan fingerprint density at radius 1 is 1.00 bits per heavy atom. The highest BCUT2D eigenvalue weighted by Crippen LogP contribution is 2.27. The van der Waals surface area contributed by atoms with Crippen LogP contribution < -0.4 is 4.74 Å². The lowest BCUT2D eigenvalue weighted by molar-refractivity contribution is -0.253. The summed E-state index contributed by atoms with van der Waals surface area (Å²) in [6.07, 6.45) is -5.56. The molecule has 2 aromatic carbocycles. The summed E-state index contributed by atoms with van der Waals surface area (Å²) < 4.78 is 53.5. The molecule has 0 amide bonds. The lowest BCUT2D eigenvalue weighted by Gasteiger charge is -2.16. The highest BCUT2D eigenvalue weighted by molar-refractivity contribution is 6.06. The summed E-state index contributed by atoms with van der Waals surface area (Å²) in [6.45, 7) is 0. The number of hydrogen-bond donors (Lipinski definition) is 0.